The van der Waals surface area contributed by atoms with E-state index in [1.165, 1.54) is 5.57 Å². The standard InChI is InChI=1S/C14H29NO/c1-6-10-14(5,16)11-15-13(4)9-7-8-12(2)3/h8,13,15-16H,6-7,9-11H2,1-5H3. The van der Waals surface area contributed by atoms with Crippen LogP contribution >= 0.6 is 0 Å². The third-order valence-corrected chi connectivity index (χ3v) is 2.77. The van der Waals surface area contributed by atoms with E-state index in [4.69, 9.17) is 0 Å². The van der Waals surface area contributed by atoms with Gasteiger partial charge < -0.3 is 10.4 Å². The van der Waals surface area contributed by atoms with Crippen LogP contribution in [0.1, 0.15) is 60.3 Å². The summed E-state index contributed by atoms with van der Waals surface area (Å²) in [6.45, 7) is 11.1. The third kappa shape index (κ3) is 8.93. The van der Waals surface area contributed by atoms with Gasteiger partial charge in [0, 0.05) is 12.6 Å². The van der Waals surface area contributed by atoms with Gasteiger partial charge in [-0.15, -0.1) is 0 Å². The summed E-state index contributed by atoms with van der Waals surface area (Å²) in [5, 5.41) is 13.4. The van der Waals surface area contributed by atoms with E-state index in [2.05, 4.69) is 39.1 Å². The molecule has 2 nitrogen and oxygen atoms in total. The quantitative estimate of drug-likeness (QED) is 0.624. The Kier molecular flexibility index (Phi) is 7.69. The van der Waals surface area contributed by atoms with Gasteiger partial charge in [-0.05, 0) is 47.0 Å². The van der Waals surface area contributed by atoms with Crippen molar-refractivity contribution in [2.75, 3.05) is 6.54 Å². The number of aliphatic hydroxyl groups is 1. The summed E-state index contributed by atoms with van der Waals surface area (Å²) < 4.78 is 0. The summed E-state index contributed by atoms with van der Waals surface area (Å²) in [5.74, 6) is 0. The van der Waals surface area contributed by atoms with Crippen molar-refractivity contribution < 1.29 is 5.11 Å². The van der Waals surface area contributed by atoms with Gasteiger partial charge in [-0.1, -0.05) is 25.0 Å². The highest BCUT2D eigenvalue weighted by Crippen LogP contribution is 2.11. The minimum atomic E-state index is -0.556. The van der Waals surface area contributed by atoms with E-state index in [0.29, 0.717) is 12.6 Å². The highest BCUT2D eigenvalue weighted by Gasteiger charge is 2.19. The summed E-state index contributed by atoms with van der Waals surface area (Å²) in [6.07, 6.45) is 6.41. The topological polar surface area (TPSA) is 32.3 Å². The normalized spacial score (nSPS) is 16.6. The lowest BCUT2D eigenvalue weighted by Gasteiger charge is -2.25. The molecular formula is C14H29NO. The minimum absolute atomic E-state index is 0.471. The van der Waals surface area contributed by atoms with Crippen LogP contribution in [0.25, 0.3) is 0 Å². The fourth-order valence-corrected chi connectivity index (χ4v) is 1.75. The van der Waals surface area contributed by atoms with Gasteiger partial charge in [0.2, 0.25) is 0 Å². The summed E-state index contributed by atoms with van der Waals surface area (Å²) in [5.41, 5.74) is 0.824. The Morgan fingerprint density at radius 1 is 1.44 bits per heavy atom. The van der Waals surface area contributed by atoms with Crippen LogP contribution in [-0.4, -0.2) is 23.3 Å². The second kappa shape index (κ2) is 7.86. The van der Waals surface area contributed by atoms with Gasteiger partial charge in [0.25, 0.3) is 0 Å². The predicted molar refractivity (Wildman–Crippen MR) is 71.7 cm³/mol. The molecule has 0 aliphatic rings. The Morgan fingerprint density at radius 3 is 2.56 bits per heavy atom. The molecule has 2 unspecified atom stereocenters. The third-order valence-electron chi connectivity index (χ3n) is 2.77. The zero-order valence-electron chi connectivity index (χ0n) is 11.6. The molecule has 0 aromatic carbocycles. The SMILES string of the molecule is CCCC(C)(O)CNC(C)CCC=C(C)C. The molecule has 0 radical (unpaired) electrons. The largest absolute Gasteiger partial charge is 0.389 e. The molecule has 0 saturated heterocycles. The average molecular weight is 227 g/mol. The van der Waals surface area contributed by atoms with Crippen molar-refractivity contribution in [3.63, 3.8) is 0 Å². The first-order valence-corrected chi connectivity index (χ1v) is 6.46. The van der Waals surface area contributed by atoms with Gasteiger partial charge in [-0.25, -0.2) is 0 Å². The number of hydrogen-bond donors (Lipinski definition) is 2. The average Bonchev–Trinajstić information content (AvgIpc) is 2.14. The van der Waals surface area contributed by atoms with Crippen molar-refractivity contribution in [3.05, 3.63) is 11.6 Å². The zero-order chi connectivity index (χ0) is 12.6. The van der Waals surface area contributed by atoms with E-state index in [-0.39, 0.29) is 0 Å². The number of rotatable bonds is 8. The maximum absolute atomic E-state index is 10.0. The summed E-state index contributed by atoms with van der Waals surface area (Å²) in [6, 6.07) is 0.471. The minimum Gasteiger partial charge on any atom is -0.389 e. The molecule has 0 spiro atoms. The van der Waals surface area contributed by atoms with Crippen molar-refractivity contribution in [1.82, 2.24) is 5.32 Å². The first kappa shape index (κ1) is 15.7. The Balaban J connectivity index is 3.72. The number of allylic oxidation sites excluding steroid dienone is 2. The van der Waals surface area contributed by atoms with Crippen LogP contribution in [0.4, 0.5) is 0 Å². The van der Waals surface area contributed by atoms with Crippen LogP contribution in [0.2, 0.25) is 0 Å². The van der Waals surface area contributed by atoms with E-state index in [0.717, 1.165) is 25.7 Å². The van der Waals surface area contributed by atoms with Crippen molar-refractivity contribution >= 4 is 0 Å². The smallest absolute Gasteiger partial charge is 0.0743 e. The van der Waals surface area contributed by atoms with E-state index in [1.807, 2.05) is 6.92 Å². The van der Waals surface area contributed by atoms with Crippen LogP contribution in [0.15, 0.2) is 11.6 Å². The lowest BCUT2D eigenvalue weighted by atomic mass is 10.00. The van der Waals surface area contributed by atoms with Gasteiger partial charge in [0.15, 0.2) is 0 Å². The molecule has 0 aliphatic heterocycles. The molecule has 0 heterocycles. The number of hydrogen-bond acceptors (Lipinski definition) is 2. The van der Waals surface area contributed by atoms with E-state index < -0.39 is 5.60 Å². The lowest BCUT2D eigenvalue weighted by Crippen LogP contribution is -2.41. The molecule has 96 valence electrons. The van der Waals surface area contributed by atoms with Gasteiger partial charge in [0.1, 0.15) is 0 Å². The fraction of sp³-hybridized carbons (Fsp3) is 0.857. The van der Waals surface area contributed by atoms with Gasteiger partial charge in [-0.2, -0.15) is 0 Å². The van der Waals surface area contributed by atoms with Gasteiger partial charge in [0.05, 0.1) is 5.60 Å². The summed E-state index contributed by atoms with van der Waals surface area (Å²) >= 11 is 0. The molecule has 16 heavy (non-hydrogen) atoms. The van der Waals surface area contributed by atoms with Crippen LogP contribution < -0.4 is 5.32 Å². The van der Waals surface area contributed by atoms with Crippen molar-refractivity contribution in [2.24, 2.45) is 0 Å². The van der Waals surface area contributed by atoms with E-state index >= 15 is 0 Å². The maximum atomic E-state index is 10.0. The van der Waals surface area contributed by atoms with Crippen molar-refractivity contribution in [3.8, 4) is 0 Å². The molecule has 0 aliphatic carbocycles. The van der Waals surface area contributed by atoms with Crippen molar-refractivity contribution in [1.29, 1.82) is 0 Å². The zero-order valence-corrected chi connectivity index (χ0v) is 11.6. The molecule has 0 fully saturated rings. The molecule has 0 amide bonds. The highest BCUT2D eigenvalue weighted by molar-refractivity contribution is 4.93. The second-order valence-corrected chi connectivity index (χ2v) is 5.39. The first-order valence-electron chi connectivity index (χ1n) is 6.46. The predicted octanol–water partition coefficient (Wildman–Crippen LogP) is 3.26. The van der Waals surface area contributed by atoms with Crippen LogP contribution in [0, 0.1) is 0 Å². The monoisotopic (exact) mass is 227 g/mol. The molecule has 2 N–H and O–H groups in total. The summed E-state index contributed by atoms with van der Waals surface area (Å²) in [4.78, 5) is 0. The summed E-state index contributed by atoms with van der Waals surface area (Å²) in [7, 11) is 0. The Morgan fingerprint density at radius 2 is 2.06 bits per heavy atom. The molecule has 0 rings (SSSR count). The van der Waals surface area contributed by atoms with Gasteiger partial charge in [-0.3, -0.25) is 0 Å². The Hall–Kier alpha value is -0.340. The van der Waals surface area contributed by atoms with Crippen LogP contribution in [0.5, 0.6) is 0 Å². The van der Waals surface area contributed by atoms with Gasteiger partial charge >= 0.3 is 0 Å². The highest BCUT2D eigenvalue weighted by atomic mass is 16.3. The second-order valence-electron chi connectivity index (χ2n) is 5.39. The molecule has 0 saturated carbocycles. The fourth-order valence-electron chi connectivity index (χ4n) is 1.75. The van der Waals surface area contributed by atoms with Crippen LogP contribution in [-0.2, 0) is 0 Å². The molecule has 0 aromatic heterocycles. The molecule has 0 bridgehead atoms. The lowest BCUT2D eigenvalue weighted by molar-refractivity contribution is 0.0474. The maximum Gasteiger partial charge on any atom is 0.0743 e. The Bertz CT molecular complexity index is 205. The number of nitrogens with one attached hydrogen (secondary N) is 1. The van der Waals surface area contributed by atoms with Crippen LogP contribution in [0.3, 0.4) is 0 Å². The molecule has 0 aromatic rings. The molecule has 2 heteroatoms. The molecule has 2 atom stereocenters. The van der Waals surface area contributed by atoms with E-state index in [9.17, 15) is 5.11 Å². The van der Waals surface area contributed by atoms with E-state index in [1.54, 1.807) is 0 Å². The van der Waals surface area contributed by atoms with Crippen molar-refractivity contribution in [2.45, 2.75) is 71.9 Å². The molecular weight excluding hydrogens is 198 g/mol. The Labute approximate surface area is 101 Å². The first-order chi connectivity index (χ1) is 7.37.